The fourth-order valence-corrected chi connectivity index (χ4v) is 12.2. The van der Waals surface area contributed by atoms with E-state index in [9.17, 15) is 0 Å². The van der Waals surface area contributed by atoms with Gasteiger partial charge in [-0.15, -0.1) is 0 Å². The van der Waals surface area contributed by atoms with Crippen LogP contribution in [-0.2, 0) is 0 Å². The highest BCUT2D eigenvalue weighted by Gasteiger charge is 2.32. The van der Waals surface area contributed by atoms with Crippen molar-refractivity contribution in [3.8, 4) is 44.5 Å². The highest BCUT2D eigenvalue weighted by Crippen LogP contribution is 2.60. The first-order chi connectivity index (χ1) is 31.8. The van der Waals surface area contributed by atoms with Gasteiger partial charge in [0, 0.05) is 0 Å². The Labute approximate surface area is 368 Å². The molecule has 0 atom stereocenters. The van der Waals surface area contributed by atoms with Crippen LogP contribution in [0.15, 0.2) is 218 Å². The predicted octanol–water partition coefficient (Wildman–Crippen LogP) is 18.2. The van der Waals surface area contributed by atoms with Crippen molar-refractivity contribution < 1.29 is 0 Å². The number of hydrogen-bond acceptors (Lipinski definition) is 0. The molecule has 15 aromatic carbocycles. The normalized spacial score (nSPS) is 12.4. The predicted molar refractivity (Wildman–Crippen MR) is 277 cm³/mol. The molecule has 0 aliphatic rings. The van der Waals surface area contributed by atoms with E-state index in [0.29, 0.717) is 0 Å². The molecular weight excluding hydrogens is 769 g/mol. The smallest absolute Gasteiger partial charge is 0.0000928 e. The summed E-state index contributed by atoms with van der Waals surface area (Å²) in [7, 11) is 0. The molecule has 292 valence electrons. The van der Waals surface area contributed by atoms with Gasteiger partial charge in [-0.2, -0.15) is 0 Å². The minimum Gasteiger partial charge on any atom is -0.0622 e. The van der Waals surface area contributed by atoms with Crippen molar-refractivity contribution in [2.24, 2.45) is 0 Å². The summed E-state index contributed by atoms with van der Waals surface area (Å²) in [5.41, 5.74) is 10.0. The van der Waals surface area contributed by atoms with Crippen LogP contribution >= 0.6 is 0 Å². The molecule has 15 rings (SSSR count). The first-order valence-electron chi connectivity index (χ1n) is 22.4. The van der Waals surface area contributed by atoms with Gasteiger partial charge in [0.25, 0.3) is 0 Å². The van der Waals surface area contributed by atoms with Gasteiger partial charge in [-0.1, -0.05) is 206 Å². The third kappa shape index (κ3) is 4.37. The average Bonchev–Trinajstić information content (AvgIpc) is 3.87. The molecule has 64 heavy (non-hydrogen) atoms. The minimum atomic E-state index is 1.22. The maximum Gasteiger partial charge on any atom is -0.0000928 e. The zero-order valence-corrected chi connectivity index (χ0v) is 34.8. The van der Waals surface area contributed by atoms with Gasteiger partial charge in [0.1, 0.15) is 0 Å². The number of hydrogen-bond donors (Lipinski definition) is 0. The fourth-order valence-electron chi connectivity index (χ4n) is 12.2. The second kappa shape index (κ2) is 12.6. The monoisotopic (exact) mass is 804 g/mol. The molecule has 15 aromatic rings. The Bertz CT molecular complexity index is 4360. The quantitative estimate of drug-likeness (QED) is 0.155. The molecule has 0 aliphatic carbocycles. The standard InChI is InChI=1S/C64H36/c1-5-17-37(18-6-1)53-59-47-30-16-29-46-45-28-14-13-25-43(45)35-49(57(46)47)61(59)55(39-21-9-3-10-22-39)64-54(38-19-7-2-8-20-38)60-48-34-33-42-32-31-41-26-15-27-44-36-50(58(48)52(42)51(41)44)62(60)56(63(53)64)40-23-11-4-12-24-40/h1-36H. The number of benzene rings is 13. The molecule has 0 spiro atoms. The molecule has 0 aliphatic heterocycles. The molecule has 0 amide bonds. The Morgan fingerprint density at radius 2 is 0.531 bits per heavy atom. The molecule has 0 heterocycles. The van der Waals surface area contributed by atoms with Crippen molar-refractivity contribution >= 4 is 108 Å². The summed E-state index contributed by atoms with van der Waals surface area (Å²) in [6.45, 7) is 0. The second-order valence-corrected chi connectivity index (χ2v) is 17.7. The van der Waals surface area contributed by atoms with Crippen molar-refractivity contribution in [2.75, 3.05) is 0 Å². The molecule has 0 saturated carbocycles. The lowest BCUT2D eigenvalue weighted by Gasteiger charge is -2.24. The highest BCUT2D eigenvalue weighted by molar-refractivity contribution is 6.50. The van der Waals surface area contributed by atoms with Crippen LogP contribution in [0.5, 0.6) is 0 Å². The van der Waals surface area contributed by atoms with Crippen molar-refractivity contribution in [1.29, 1.82) is 0 Å². The van der Waals surface area contributed by atoms with E-state index in [2.05, 4.69) is 218 Å². The van der Waals surface area contributed by atoms with Crippen LogP contribution in [-0.4, -0.2) is 0 Å². The van der Waals surface area contributed by atoms with Crippen molar-refractivity contribution in [3.63, 3.8) is 0 Å². The molecule has 0 aromatic heterocycles. The van der Waals surface area contributed by atoms with E-state index in [4.69, 9.17) is 0 Å². The second-order valence-electron chi connectivity index (χ2n) is 17.7. The highest BCUT2D eigenvalue weighted by atomic mass is 14.3. The largest absolute Gasteiger partial charge is 0.0622 e. The summed E-state index contributed by atoms with van der Waals surface area (Å²) in [4.78, 5) is 0. The molecular formula is C64H36. The summed E-state index contributed by atoms with van der Waals surface area (Å²) >= 11 is 0. The molecule has 0 saturated heterocycles. The Balaban J connectivity index is 1.36. The van der Waals surface area contributed by atoms with Gasteiger partial charge in [0.2, 0.25) is 0 Å². The van der Waals surface area contributed by atoms with Crippen LogP contribution in [0.2, 0.25) is 0 Å². The van der Waals surface area contributed by atoms with Crippen molar-refractivity contribution in [3.05, 3.63) is 218 Å². The summed E-state index contributed by atoms with van der Waals surface area (Å²) in [5.74, 6) is 0. The van der Waals surface area contributed by atoms with E-state index in [1.807, 2.05) is 0 Å². The van der Waals surface area contributed by atoms with E-state index >= 15 is 0 Å². The Hall–Kier alpha value is -8.32. The van der Waals surface area contributed by atoms with Gasteiger partial charge >= 0.3 is 0 Å². The maximum absolute atomic E-state index is 2.52. The summed E-state index contributed by atoms with van der Waals surface area (Å²) < 4.78 is 0. The minimum absolute atomic E-state index is 1.22. The topological polar surface area (TPSA) is 0 Å². The van der Waals surface area contributed by atoms with E-state index in [0.717, 1.165) is 0 Å². The lowest BCUT2D eigenvalue weighted by Crippen LogP contribution is -1.96. The molecule has 0 N–H and O–H groups in total. The van der Waals surface area contributed by atoms with Crippen LogP contribution in [0.4, 0.5) is 0 Å². The van der Waals surface area contributed by atoms with Crippen LogP contribution in [0, 0.1) is 0 Å². The van der Waals surface area contributed by atoms with E-state index in [-0.39, 0.29) is 0 Å². The van der Waals surface area contributed by atoms with E-state index < -0.39 is 0 Å². The van der Waals surface area contributed by atoms with Gasteiger partial charge in [-0.05, 0) is 164 Å². The number of fused-ring (bicyclic) bond motifs is 9. The van der Waals surface area contributed by atoms with Crippen molar-refractivity contribution in [1.82, 2.24) is 0 Å². The zero-order chi connectivity index (χ0) is 41.6. The van der Waals surface area contributed by atoms with Gasteiger partial charge in [-0.25, -0.2) is 0 Å². The maximum atomic E-state index is 2.52. The molecule has 0 heteroatoms. The van der Waals surface area contributed by atoms with Crippen LogP contribution < -0.4 is 0 Å². The summed E-state index contributed by atoms with van der Waals surface area (Å²) in [6, 6.07) is 82.4. The average molecular weight is 805 g/mol. The molecule has 0 fully saturated rings. The SMILES string of the molecule is c1ccc(-c2c3c(-c4ccccc4)c4c5ccc6ccc7cccc8cc(c4c(-c4ccccc4)c3c(-c3ccccc3)c3c4cccc9c%10ccccc%10cc(c23)c94)c5c6c78)cc1. The van der Waals surface area contributed by atoms with Crippen molar-refractivity contribution in [2.45, 2.75) is 0 Å². The van der Waals surface area contributed by atoms with Crippen LogP contribution in [0.1, 0.15) is 0 Å². The first-order valence-corrected chi connectivity index (χ1v) is 22.4. The van der Waals surface area contributed by atoms with Gasteiger partial charge < -0.3 is 0 Å². The van der Waals surface area contributed by atoms with Gasteiger partial charge in [0.15, 0.2) is 0 Å². The zero-order valence-electron chi connectivity index (χ0n) is 34.8. The lowest BCUT2D eigenvalue weighted by atomic mass is 9.78. The number of rotatable bonds is 4. The van der Waals surface area contributed by atoms with E-state index in [1.54, 1.807) is 0 Å². The Morgan fingerprint density at radius 1 is 0.156 bits per heavy atom. The molecule has 0 unspecified atom stereocenters. The molecule has 0 bridgehead atoms. The third-order valence-corrected chi connectivity index (χ3v) is 14.6. The summed E-state index contributed by atoms with van der Waals surface area (Å²) in [5, 5.41) is 26.2. The molecule has 0 nitrogen and oxygen atoms in total. The fraction of sp³-hybridized carbons (Fsp3) is 0. The Kier molecular flexibility index (Phi) is 6.77. The van der Waals surface area contributed by atoms with Crippen LogP contribution in [0.3, 0.4) is 0 Å². The lowest BCUT2D eigenvalue weighted by molar-refractivity contribution is 1.65. The van der Waals surface area contributed by atoms with Crippen LogP contribution in [0.25, 0.3) is 152 Å². The Morgan fingerprint density at radius 3 is 1.11 bits per heavy atom. The van der Waals surface area contributed by atoms with Gasteiger partial charge in [0.05, 0.1) is 0 Å². The van der Waals surface area contributed by atoms with E-state index in [1.165, 1.54) is 152 Å². The molecule has 0 radical (unpaired) electrons. The van der Waals surface area contributed by atoms with Gasteiger partial charge in [-0.3, -0.25) is 0 Å². The third-order valence-electron chi connectivity index (χ3n) is 14.6. The first kappa shape index (κ1) is 34.3. The summed E-state index contributed by atoms with van der Waals surface area (Å²) in [6.07, 6.45) is 0.